The summed E-state index contributed by atoms with van der Waals surface area (Å²) in [5.41, 5.74) is 0.00138. The zero-order chi connectivity index (χ0) is 21.1. The number of halogens is 1. The van der Waals surface area contributed by atoms with Gasteiger partial charge in [0.1, 0.15) is 11.3 Å². The van der Waals surface area contributed by atoms with Crippen molar-refractivity contribution in [1.82, 2.24) is 5.32 Å². The average Bonchev–Trinajstić information content (AvgIpc) is 3.11. The number of fused-ring (bicyclic) bond motifs is 1. The van der Waals surface area contributed by atoms with E-state index in [0.29, 0.717) is 15.7 Å². The molecule has 4 rings (SSSR count). The van der Waals surface area contributed by atoms with Crippen molar-refractivity contribution in [3.8, 4) is 5.75 Å². The van der Waals surface area contributed by atoms with Crippen LogP contribution < -0.4 is 10.2 Å². The van der Waals surface area contributed by atoms with Crippen LogP contribution in [-0.2, 0) is 14.4 Å². The predicted octanol–water partition coefficient (Wildman–Crippen LogP) is 2.76. The summed E-state index contributed by atoms with van der Waals surface area (Å²) in [6.07, 6.45) is 0. The van der Waals surface area contributed by atoms with E-state index in [1.807, 2.05) is 13.0 Å². The van der Waals surface area contributed by atoms with E-state index in [1.54, 1.807) is 30.3 Å². The summed E-state index contributed by atoms with van der Waals surface area (Å²) in [6, 6.07) is 10.9. The lowest BCUT2D eigenvalue weighted by Gasteiger charge is -2.27. The van der Waals surface area contributed by atoms with E-state index in [0.717, 1.165) is 10.5 Å². The highest BCUT2D eigenvalue weighted by Crippen LogP contribution is 2.51. The Labute approximate surface area is 175 Å². The van der Waals surface area contributed by atoms with E-state index in [9.17, 15) is 24.6 Å². The Bertz CT molecular complexity index is 1060. The Morgan fingerprint density at radius 3 is 2.55 bits per heavy atom. The minimum atomic E-state index is -1.66. The van der Waals surface area contributed by atoms with Gasteiger partial charge in [-0.25, -0.2) is 4.90 Å². The number of hydrogen-bond donors (Lipinski definition) is 3. The Morgan fingerprint density at radius 1 is 1.17 bits per heavy atom. The first-order valence-electron chi connectivity index (χ1n) is 9.09. The minimum Gasteiger partial charge on any atom is -0.508 e. The molecule has 0 spiro atoms. The van der Waals surface area contributed by atoms with E-state index in [1.165, 1.54) is 13.0 Å². The monoisotopic (exact) mass is 458 g/mol. The number of carboxylic acids is 1. The number of phenolic OH excluding ortho intramolecular Hbond substituents is 1. The number of phenols is 1. The maximum Gasteiger partial charge on any atom is 0.324 e. The first kappa shape index (κ1) is 19.6. The molecule has 3 N–H and O–H groups in total. The van der Waals surface area contributed by atoms with Crippen LogP contribution in [0, 0.1) is 18.8 Å². The summed E-state index contributed by atoms with van der Waals surface area (Å²) < 4.78 is 0.667. The van der Waals surface area contributed by atoms with Gasteiger partial charge in [-0.15, -0.1) is 0 Å². The van der Waals surface area contributed by atoms with Gasteiger partial charge in [0, 0.05) is 16.1 Å². The number of aromatic hydroxyl groups is 1. The summed E-state index contributed by atoms with van der Waals surface area (Å²) >= 11 is 3.34. The molecule has 0 aliphatic carbocycles. The number of amides is 2. The van der Waals surface area contributed by atoms with Crippen molar-refractivity contribution in [2.75, 3.05) is 4.90 Å². The lowest BCUT2D eigenvalue weighted by Crippen LogP contribution is -2.53. The van der Waals surface area contributed by atoms with Gasteiger partial charge in [0.25, 0.3) is 0 Å². The van der Waals surface area contributed by atoms with Crippen molar-refractivity contribution in [3.05, 3.63) is 58.1 Å². The fourth-order valence-electron chi connectivity index (χ4n) is 4.40. The molecule has 2 saturated heterocycles. The standard InChI is InChI=1S/C21H19BrN2O5/c1-10-4-3-5-12(8-10)24-18(26)15-16(19(24)27)21(2,20(28)29)23-17(15)13-9-11(22)6-7-14(13)25/h3-9,15-17,23,25H,1-2H3,(H,28,29)/t15-,16+,17-,21+/m0/s1. The van der Waals surface area contributed by atoms with Crippen molar-refractivity contribution < 1.29 is 24.6 Å². The van der Waals surface area contributed by atoms with E-state index in [2.05, 4.69) is 21.2 Å². The zero-order valence-electron chi connectivity index (χ0n) is 15.7. The molecule has 2 heterocycles. The van der Waals surface area contributed by atoms with Crippen molar-refractivity contribution in [3.63, 3.8) is 0 Å². The van der Waals surface area contributed by atoms with Crippen LogP contribution >= 0.6 is 15.9 Å². The Morgan fingerprint density at radius 2 is 1.90 bits per heavy atom. The van der Waals surface area contributed by atoms with Gasteiger partial charge in [-0.1, -0.05) is 28.1 Å². The van der Waals surface area contributed by atoms with Gasteiger partial charge < -0.3 is 10.2 Å². The molecule has 4 atom stereocenters. The van der Waals surface area contributed by atoms with Crippen LogP contribution in [0.15, 0.2) is 46.9 Å². The Kier molecular flexibility index (Phi) is 4.51. The molecule has 150 valence electrons. The van der Waals surface area contributed by atoms with Gasteiger partial charge in [-0.05, 0) is 49.7 Å². The molecular weight excluding hydrogens is 440 g/mol. The Hall–Kier alpha value is -2.71. The molecule has 2 aliphatic rings. The van der Waals surface area contributed by atoms with Crippen LogP contribution in [0.4, 0.5) is 5.69 Å². The fourth-order valence-corrected chi connectivity index (χ4v) is 4.78. The van der Waals surface area contributed by atoms with Crippen molar-refractivity contribution in [2.24, 2.45) is 11.8 Å². The van der Waals surface area contributed by atoms with Gasteiger partial charge in [0.05, 0.1) is 17.5 Å². The fraction of sp³-hybridized carbons (Fsp3) is 0.286. The number of aryl methyl sites for hydroxylation is 1. The zero-order valence-corrected chi connectivity index (χ0v) is 17.3. The smallest absolute Gasteiger partial charge is 0.324 e. The highest BCUT2D eigenvalue weighted by Gasteiger charge is 2.67. The minimum absolute atomic E-state index is 0.0756. The quantitative estimate of drug-likeness (QED) is 0.610. The number of aliphatic carboxylic acids is 1. The first-order chi connectivity index (χ1) is 13.6. The average molecular weight is 459 g/mol. The van der Waals surface area contributed by atoms with Crippen LogP contribution in [0.3, 0.4) is 0 Å². The van der Waals surface area contributed by atoms with Crippen LogP contribution in [0.25, 0.3) is 0 Å². The molecule has 0 radical (unpaired) electrons. The predicted molar refractivity (Wildman–Crippen MR) is 108 cm³/mol. The second kappa shape index (κ2) is 6.67. The van der Waals surface area contributed by atoms with Crippen molar-refractivity contribution >= 4 is 39.4 Å². The van der Waals surface area contributed by atoms with Crippen LogP contribution in [0.1, 0.15) is 24.1 Å². The summed E-state index contributed by atoms with van der Waals surface area (Å²) in [5, 5.41) is 23.2. The van der Waals surface area contributed by atoms with Crippen LogP contribution in [0.5, 0.6) is 5.75 Å². The first-order valence-corrected chi connectivity index (χ1v) is 9.88. The number of rotatable bonds is 3. The lowest BCUT2D eigenvalue weighted by molar-refractivity contribution is -0.147. The van der Waals surface area contributed by atoms with Gasteiger partial charge >= 0.3 is 5.97 Å². The summed E-state index contributed by atoms with van der Waals surface area (Å²) in [6.45, 7) is 3.26. The van der Waals surface area contributed by atoms with Crippen molar-refractivity contribution in [2.45, 2.75) is 25.4 Å². The molecule has 0 bridgehead atoms. The molecule has 2 aliphatic heterocycles. The highest BCUT2D eigenvalue weighted by atomic mass is 79.9. The molecule has 2 aromatic carbocycles. The number of imide groups is 1. The van der Waals surface area contributed by atoms with E-state index in [4.69, 9.17) is 0 Å². The molecule has 2 aromatic rings. The molecule has 29 heavy (non-hydrogen) atoms. The second-order valence-electron chi connectivity index (χ2n) is 7.69. The molecule has 2 fully saturated rings. The Balaban J connectivity index is 1.86. The largest absolute Gasteiger partial charge is 0.508 e. The molecule has 2 amide bonds. The maximum absolute atomic E-state index is 13.4. The highest BCUT2D eigenvalue weighted by molar-refractivity contribution is 9.10. The number of carboxylic acid groups (broad SMARTS) is 1. The number of anilines is 1. The summed E-state index contributed by atoms with van der Waals surface area (Å²) in [7, 11) is 0. The molecule has 0 saturated carbocycles. The van der Waals surface area contributed by atoms with Gasteiger partial charge in [0.2, 0.25) is 11.8 Å². The topological polar surface area (TPSA) is 107 Å². The van der Waals surface area contributed by atoms with Crippen LogP contribution in [0.2, 0.25) is 0 Å². The molecule has 7 nitrogen and oxygen atoms in total. The summed E-state index contributed by atoms with van der Waals surface area (Å²) in [4.78, 5) is 39.9. The SMILES string of the molecule is Cc1cccc(N2C(=O)[C@@H]3[C@H](c4cc(Br)ccc4O)N[C@@](C)(C(=O)O)[C@H]3C2=O)c1. The normalized spacial score (nSPS) is 28.7. The number of nitrogens with one attached hydrogen (secondary N) is 1. The third-order valence-electron chi connectivity index (χ3n) is 5.82. The molecular formula is C21H19BrN2O5. The van der Waals surface area contributed by atoms with Gasteiger partial charge in [-0.2, -0.15) is 0 Å². The van der Waals surface area contributed by atoms with Crippen LogP contribution in [-0.4, -0.2) is 33.5 Å². The van der Waals surface area contributed by atoms with E-state index in [-0.39, 0.29) is 5.75 Å². The number of carbonyl (C=O) groups excluding carboxylic acids is 2. The number of hydrogen-bond acceptors (Lipinski definition) is 5. The third-order valence-corrected chi connectivity index (χ3v) is 6.31. The maximum atomic E-state index is 13.4. The van der Waals surface area contributed by atoms with Crippen molar-refractivity contribution in [1.29, 1.82) is 0 Å². The molecule has 8 heteroatoms. The second-order valence-corrected chi connectivity index (χ2v) is 8.60. The lowest BCUT2D eigenvalue weighted by atomic mass is 9.80. The summed E-state index contributed by atoms with van der Waals surface area (Å²) in [5.74, 6) is -4.39. The van der Waals surface area contributed by atoms with Gasteiger partial charge in [0.15, 0.2) is 0 Å². The molecule has 0 unspecified atom stereocenters. The molecule has 0 aromatic heterocycles. The van der Waals surface area contributed by atoms with E-state index >= 15 is 0 Å². The number of nitrogens with zero attached hydrogens (tertiary/aromatic N) is 1. The van der Waals surface area contributed by atoms with E-state index < -0.39 is 41.2 Å². The van der Waals surface area contributed by atoms with Gasteiger partial charge in [-0.3, -0.25) is 19.7 Å². The number of carbonyl (C=O) groups is 3. The third kappa shape index (κ3) is 2.86. The number of benzene rings is 2.